The lowest BCUT2D eigenvalue weighted by Gasteiger charge is -2.13. The van der Waals surface area contributed by atoms with Crippen LogP contribution in [0.2, 0.25) is 0 Å². The van der Waals surface area contributed by atoms with Crippen LogP contribution in [0.15, 0.2) is 12.1 Å². The molecule has 0 fully saturated rings. The van der Waals surface area contributed by atoms with Gasteiger partial charge in [-0.2, -0.15) is 13.2 Å². The Morgan fingerprint density at radius 1 is 1.11 bits per heavy atom. The van der Waals surface area contributed by atoms with E-state index in [9.17, 15) is 17.4 Å². The fraction of sp³-hybridized carbons (Fsp3) is 0.400. The lowest BCUT2D eigenvalue weighted by molar-refractivity contribution is -0.0437. The molecule has 0 N–H and O–H groups in total. The molecule has 1 atom stereocenters. The van der Waals surface area contributed by atoms with Crippen LogP contribution in [0.1, 0.15) is 5.56 Å². The fourth-order valence-electron chi connectivity index (χ4n) is 1.24. The molecule has 0 aliphatic carbocycles. The maximum Gasteiger partial charge on any atom is 0.508 e. The van der Waals surface area contributed by atoms with Crippen LogP contribution in [-0.4, -0.2) is 23.9 Å². The lowest BCUT2D eigenvalue weighted by Crippen LogP contribution is -2.21. The Bertz CT molecular complexity index is 434. The zero-order valence-electron chi connectivity index (χ0n) is 9.83. The van der Waals surface area contributed by atoms with Crippen LogP contribution in [0.25, 0.3) is 0 Å². The van der Waals surface area contributed by atoms with Gasteiger partial charge in [-0.25, -0.2) is 4.21 Å². The molecule has 0 spiro atoms. The maximum atomic E-state index is 12.1. The second-order valence-corrected chi connectivity index (χ2v) is 4.32. The molecule has 1 aromatic carbocycles. The van der Waals surface area contributed by atoms with Gasteiger partial charge in [-0.05, 0) is 6.92 Å². The molecule has 4 nitrogen and oxygen atoms in total. The highest BCUT2D eigenvalue weighted by Gasteiger charge is 2.40. The second kappa shape index (κ2) is 5.47. The number of methoxy groups -OCH3 is 2. The SMILES string of the molecule is COc1cc(OS(=O)C(F)(F)F)cc(OC)c1C. The molecule has 8 heteroatoms. The molecule has 18 heavy (non-hydrogen) atoms. The first-order valence-corrected chi connectivity index (χ1v) is 5.76. The summed E-state index contributed by atoms with van der Waals surface area (Å²) >= 11 is -3.43. The molecule has 0 bridgehead atoms. The molecule has 0 aliphatic heterocycles. The Morgan fingerprint density at radius 3 is 1.89 bits per heavy atom. The first kappa shape index (κ1) is 14.6. The lowest BCUT2D eigenvalue weighted by atomic mass is 10.2. The highest BCUT2D eigenvalue weighted by Crippen LogP contribution is 2.34. The Kier molecular flexibility index (Phi) is 4.44. The third-order valence-corrected chi connectivity index (χ3v) is 2.81. The standard InChI is InChI=1S/C10H11F3O4S/c1-6-8(15-2)4-7(5-9(6)16-3)17-18(14)10(11,12)13/h4-5H,1-3H3. The van der Waals surface area contributed by atoms with Crippen LogP contribution < -0.4 is 13.7 Å². The molecule has 102 valence electrons. The molecule has 0 heterocycles. The van der Waals surface area contributed by atoms with Gasteiger partial charge in [-0.15, -0.1) is 0 Å². The van der Waals surface area contributed by atoms with E-state index in [0.717, 1.165) is 0 Å². The Hall–Kier alpha value is -1.44. The van der Waals surface area contributed by atoms with E-state index in [1.807, 2.05) is 0 Å². The summed E-state index contributed by atoms with van der Waals surface area (Å²) in [5.41, 5.74) is -4.34. The third-order valence-electron chi connectivity index (χ3n) is 2.09. The number of halogens is 3. The summed E-state index contributed by atoms with van der Waals surface area (Å²) in [4.78, 5) is 0. The molecule has 0 saturated heterocycles. The predicted octanol–water partition coefficient (Wildman–Crippen LogP) is 2.57. The summed E-state index contributed by atoms with van der Waals surface area (Å²) in [7, 11) is 2.71. The zero-order valence-corrected chi connectivity index (χ0v) is 10.6. The van der Waals surface area contributed by atoms with Crippen molar-refractivity contribution in [2.75, 3.05) is 14.2 Å². The van der Waals surface area contributed by atoms with E-state index in [1.54, 1.807) is 6.92 Å². The van der Waals surface area contributed by atoms with Crippen LogP contribution in [0.5, 0.6) is 17.2 Å². The van der Waals surface area contributed by atoms with Gasteiger partial charge in [-0.3, -0.25) is 0 Å². The number of alkyl halides is 3. The zero-order chi connectivity index (χ0) is 13.9. The molecule has 0 saturated carbocycles. The van der Waals surface area contributed by atoms with Gasteiger partial charge in [0.05, 0.1) is 14.2 Å². The minimum atomic E-state index is -4.94. The van der Waals surface area contributed by atoms with Crippen LogP contribution in [0, 0.1) is 6.92 Å². The number of hydrogen-bond donors (Lipinski definition) is 0. The largest absolute Gasteiger partial charge is 0.508 e. The van der Waals surface area contributed by atoms with Crippen LogP contribution in [0.3, 0.4) is 0 Å². The van der Waals surface area contributed by atoms with Crippen molar-refractivity contribution < 1.29 is 31.0 Å². The van der Waals surface area contributed by atoms with E-state index in [0.29, 0.717) is 5.56 Å². The quantitative estimate of drug-likeness (QED) is 0.852. The molecular formula is C10H11F3O4S. The summed E-state index contributed by atoms with van der Waals surface area (Å²) in [6.07, 6.45) is 0. The van der Waals surface area contributed by atoms with Crippen molar-refractivity contribution in [1.82, 2.24) is 0 Å². The van der Waals surface area contributed by atoms with Gasteiger partial charge in [0.25, 0.3) is 0 Å². The number of benzene rings is 1. The van der Waals surface area contributed by atoms with Crippen molar-refractivity contribution in [3.8, 4) is 17.2 Å². The highest BCUT2D eigenvalue weighted by atomic mass is 32.2. The van der Waals surface area contributed by atoms with Gasteiger partial charge < -0.3 is 13.7 Å². The van der Waals surface area contributed by atoms with E-state index in [-0.39, 0.29) is 17.2 Å². The minimum absolute atomic E-state index is 0.245. The smallest absolute Gasteiger partial charge is 0.496 e. The van der Waals surface area contributed by atoms with Crippen LogP contribution in [0.4, 0.5) is 13.2 Å². The predicted molar refractivity (Wildman–Crippen MR) is 59.1 cm³/mol. The van der Waals surface area contributed by atoms with Crippen molar-refractivity contribution in [1.29, 1.82) is 0 Å². The van der Waals surface area contributed by atoms with Crippen molar-refractivity contribution in [3.05, 3.63) is 17.7 Å². The molecule has 0 aromatic heterocycles. The molecule has 0 radical (unpaired) electrons. The first-order chi connectivity index (χ1) is 8.29. The van der Waals surface area contributed by atoms with Gasteiger partial charge in [-0.1, -0.05) is 0 Å². The summed E-state index contributed by atoms with van der Waals surface area (Å²) in [5, 5.41) is 0. The molecular weight excluding hydrogens is 273 g/mol. The average Bonchev–Trinajstić information content (AvgIpc) is 2.29. The van der Waals surface area contributed by atoms with E-state index in [4.69, 9.17) is 9.47 Å². The van der Waals surface area contributed by atoms with Crippen LogP contribution in [-0.2, 0) is 11.1 Å². The Balaban J connectivity index is 3.07. The van der Waals surface area contributed by atoms with Crippen molar-refractivity contribution in [2.24, 2.45) is 0 Å². The van der Waals surface area contributed by atoms with Gasteiger partial charge in [0, 0.05) is 17.7 Å². The molecule has 1 aromatic rings. The molecule has 0 amide bonds. The van der Waals surface area contributed by atoms with E-state index in [2.05, 4.69) is 4.18 Å². The normalized spacial score (nSPS) is 13.0. The van der Waals surface area contributed by atoms with Gasteiger partial charge in [0.15, 0.2) is 0 Å². The van der Waals surface area contributed by atoms with Gasteiger partial charge in [0.1, 0.15) is 17.2 Å². The van der Waals surface area contributed by atoms with Crippen molar-refractivity contribution in [3.63, 3.8) is 0 Å². The highest BCUT2D eigenvalue weighted by molar-refractivity contribution is 7.81. The average molecular weight is 284 g/mol. The monoisotopic (exact) mass is 284 g/mol. The van der Waals surface area contributed by atoms with E-state index >= 15 is 0 Å². The minimum Gasteiger partial charge on any atom is -0.496 e. The van der Waals surface area contributed by atoms with Crippen molar-refractivity contribution in [2.45, 2.75) is 12.4 Å². The fourth-order valence-corrected chi connectivity index (χ4v) is 1.61. The summed E-state index contributed by atoms with van der Waals surface area (Å²) in [6.45, 7) is 1.67. The summed E-state index contributed by atoms with van der Waals surface area (Å²) in [5.74, 6) is 0.317. The Labute approximate surface area is 104 Å². The van der Waals surface area contributed by atoms with Gasteiger partial charge >= 0.3 is 16.6 Å². The molecule has 1 unspecified atom stereocenters. The first-order valence-electron chi connectivity index (χ1n) is 4.69. The molecule has 1 rings (SSSR count). The number of ether oxygens (including phenoxy) is 2. The number of rotatable bonds is 4. The van der Waals surface area contributed by atoms with E-state index < -0.39 is 16.6 Å². The van der Waals surface area contributed by atoms with Gasteiger partial charge in [0.2, 0.25) is 0 Å². The maximum absolute atomic E-state index is 12.1. The summed E-state index contributed by atoms with van der Waals surface area (Å²) in [6, 6.07) is 2.42. The van der Waals surface area contributed by atoms with Crippen molar-refractivity contribution >= 4 is 11.1 Å². The summed E-state index contributed by atoms with van der Waals surface area (Å²) < 4.78 is 61.3. The Morgan fingerprint density at radius 2 is 1.56 bits per heavy atom. The molecule has 0 aliphatic rings. The topological polar surface area (TPSA) is 44.8 Å². The van der Waals surface area contributed by atoms with E-state index in [1.165, 1.54) is 26.4 Å². The second-order valence-electron chi connectivity index (χ2n) is 3.22. The third kappa shape index (κ3) is 3.28. The number of hydrogen-bond acceptors (Lipinski definition) is 4. The van der Waals surface area contributed by atoms with Crippen LogP contribution >= 0.6 is 0 Å².